The molecule has 0 bridgehead atoms. The SMILES string of the molecule is Cc1ccc(S(=O)(=O)N(c2cccc(C)c2)C(C)c2ccccc2F)cc1. The molecule has 3 nitrogen and oxygen atoms in total. The second kappa shape index (κ2) is 7.53. The Morgan fingerprint density at radius 1 is 0.852 bits per heavy atom. The molecule has 0 heterocycles. The van der Waals surface area contributed by atoms with Crippen LogP contribution in [0, 0.1) is 19.7 Å². The van der Waals surface area contributed by atoms with Gasteiger partial charge in [-0.15, -0.1) is 0 Å². The van der Waals surface area contributed by atoms with Crippen molar-refractivity contribution < 1.29 is 12.8 Å². The van der Waals surface area contributed by atoms with Crippen LogP contribution in [0.3, 0.4) is 0 Å². The number of benzene rings is 3. The molecule has 0 amide bonds. The average Bonchev–Trinajstić information content (AvgIpc) is 2.62. The monoisotopic (exact) mass is 383 g/mol. The first-order valence-electron chi connectivity index (χ1n) is 8.73. The van der Waals surface area contributed by atoms with Gasteiger partial charge < -0.3 is 0 Å². The maximum Gasteiger partial charge on any atom is 0.264 e. The third-order valence-electron chi connectivity index (χ3n) is 4.54. The standard InChI is InChI=1S/C22H22FNO2S/c1-16-11-13-20(14-12-16)27(25,26)24(19-8-6-7-17(2)15-19)18(3)21-9-4-5-10-22(21)23/h4-15,18H,1-3H3. The summed E-state index contributed by atoms with van der Waals surface area (Å²) in [7, 11) is -3.89. The summed E-state index contributed by atoms with van der Waals surface area (Å²) >= 11 is 0. The highest BCUT2D eigenvalue weighted by Gasteiger charge is 2.31. The quantitative estimate of drug-likeness (QED) is 0.592. The van der Waals surface area contributed by atoms with Gasteiger partial charge in [-0.3, -0.25) is 4.31 Å². The highest BCUT2D eigenvalue weighted by molar-refractivity contribution is 7.92. The zero-order valence-corrected chi connectivity index (χ0v) is 16.4. The summed E-state index contributed by atoms with van der Waals surface area (Å²) in [5.41, 5.74) is 2.73. The number of rotatable bonds is 5. The van der Waals surface area contributed by atoms with E-state index in [2.05, 4.69) is 0 Å². The molecule has 0 saturated carbocycles. The molecular formula is C22H22FNO2S. The predicted octanol–water partition coefficient (Wildman–Crippen LogP) is 5.40. The van der Waals surface area contributed by atoms with Gasteiger partial charge in [0.2, 0.25) is 0 Å². The van der Waals surface area contributed by atoms with Gasteiger partial charge in [-0.05, 0) is 56.7 Å². The Morgan fingerprint density at radius 3 is 2.15 bits per heavy atom. The largest absolute Gasteiger partial charge is 0.264 e. The maximum atomic E-state index is 14.4. The summed E-state index contributed by atoms with van der Waals surface area (Å²) in [4.78, 5) is 0.179. The van der Waals surface area contributed by atoms with E-state index in [1.54, 1.807) is 67.6 Å². The molecule has 0 N–H and O–H groups in total. The van der Waals surface area contributed by atoms with Crippen molar-refractivity contribution in [1.82, 2.24) is 0 Å². The van der Waals surface area contributed by atoms with Crippen LogP contribution in [-0.2, 0) is 10.0 Å². The van der Waals surface area contributed by atoms with Crippen LogP contribution in [0.25, 0.3) is 0 Å². The van der Waals surface area contributed by atoms with Crippen LogP contribution in [-0.4, -0.2) is 8.42 Å². The first kappa shape index (κ1) is 19.1. The lowest BCUT2D eigenvalue weighted by Crippen LogP contribution is -2.34. The number of hydrogen-bond acceptors (Lipinski definition) is 2. The smallest absolute Gasteiger partial charge is 0.259 e. The molecule has 0 aromatic heterocycles. The lowest BCUT2D eigenvalue weighted by Gasteiger charge is -2.31. The molecule has 1 unspecified atom stereocenters. The number of sulfonamides is 1. The molecule has 0 spiro atoms. The fourth-order valence-electron chi connectivity index (χ4n) is 3.10. The summed E-state index contributed by atoms with van der Waals surface area (Å²) < 4.78 is 42.7. The minimum absolute atomic E-state index is 0.179. The van der Waals surface area contributed by atoms with Crippen molar-refractivity contribution in [2.45, 2.75) is 31.7 Å². The fourth-order valence-corrected chi connectivity index (χ4v) is 4.73. The van der Waals surface area contributed by atoms with Crippen LogP contribution >= 0.6 is 0 Å². The third kappa shape index (κ3) is 3.88. The second-order valence-electron chi connectivity index (χ2n) is 6.65. The zero-order valence-electron chi connectivity index (χ0n) is 15.6. The molecular weight excluding hydrogens is 361 g/mol. The van der Waals surface area contributed by atoms with E-state index in [1.807, 2.05) is 19.9 Å². The molecule has 5 heteroatoms. The van der Waals surface area contributed by atoms with E-state index in [9.17, 15) is 12.8 Å². The van der Waals surface area contributed by atoms with Crippen LogP contribution in [0.4, 0.5) is 10.1 Å². The molecule has 0 aliphatic heterocycles. The highest BCUT2D eigenvalue weighted by Crippen LogP contribution is 2.34. The van der Waals surface area contributed by atoms with E-state index in [0.717, 1.165) is 11.1 Å². The Balaban J connectivity index is 2.19. The highest BCUT2D eigenvalue weighted by atomic mass is 32.2. The van der Waals surface area contributed by atoms with Gasteiger partial charge >= 0.3 is 0 Å². The predicted molar refractivity (Wildman–Crippen MR) is 107 cm³/mol. The van der Waals surface area contributed by atoms with Crippen molar-refractivity contribution in [3.05, 3.63) is 95.3 Å². The Labute approximate surface area is 160 Å². The van der Waals surface area contributed by atoms with Crippen molar-refractivity contribution in [2.75, 3.05) is 4.31 Å². The van der Waals surface area contributed by atoms with Crippen molar-refractivity contribution in [3.8, 4) is 0 Å². The molecule has 3 aromatic carbocycles. The number of aryl methyl sites for hydroxylation is 2. The van der Waals surface area contributed by atoms with Crippen LogP contribution in [0.1, 0.15) is 29.7 Å². The van der Waals surface area contributed by atoms with Gasteiger partial charge in [0.25, 0.3) is 10.0 Å². The average molecular weight is 383 g/mol. The fraction of sp³-hybridized carbons (Fsp3) is 0.182. The summed E-state index contributed by atoms with van der Waals surface area (Å²) in [6.07, 6.45) is 0. The summed E-state index contributed by atoms with van der Waals surface area (Å²) in [6, 6.07) is 19.5. The zero-order chi connectivity index (χ0) is 19.6. The van der Waals surface area contributed by atoms with Gasteiger partial charge in [-0.1, -0.05) is 48.0 Å². The minimum Gasteiger partial charge on any atom is -0.259 e. The van der Waals surface area contributed by atoms with Crippen LogP contribution in [0.2, 0.25) is 0 Å². The number of anilines is 1. The summed E-state index contributed by atoms with van der Waals surface area (Å²) in [6.45, 7) is 5.50. The van der Waals surface area contributed by atoms with E-state index >= 15 is 0 Å². The Bertz CT molecular complexity index is 1050. The Morgan fingerprint density at radius 2 is 1.52 bits per heavy atom. The molecule has 0 radical (unpaired) electrons. The third-order valence-corrected chi connectivity index (χ3v) is 6.45. The molecule has 140 valence electrons. The van der Waals surface area contributed by atoms with Crippen LogP contribution < -0.4 is 4.31 Å². The van der Waals surface area contributed by atoms with Crippen molar-refractivity contribution >= 4 is 15.7 Å². The van der Waals surface area contributed by atoms with E-state index in [4.69, 9.17) is 0 Å². The number of nitrogens with zero attached hydrogens (tertiary/aromatic N) is 1. The van der Waals surface area contributed by atoms with Crippen molar-refractivity contribution in [1.29, 1.82) is 0 Å². The molecule has 1 atom stereocenters. The molecule has 0 aliphatic rings. The van der Waals surface area contributed by atoms with Gasteiger partial charge in [0.05, 0.1) is 16.6 Å². The van der Waals surface area contributed by atoms with Gasteiger partial charge in [0.15, 0.2) is 0 Å². The minimum atomic E-state index is -3.89. The lowest BCUT2D eigenvalue weighted by molar-refractivity contribution is 0.569. The Hall–Kier alpha value is -2.66. The topological polar surface area (TPSA) is 37.4 Å². The normalized spacial score (nSPS) is 12.6. The van der Waals surface area contributed by atoms with Gasteiger partial charge in [-0.2, -0.15) is 0 Å². The summed E-state index contributed by atoms with van der Waals surface area (Å²) in [5, 5.41) is 0. The first-order valence-corrected chi connectivity index (χ1v) is 10.2. The van der Waals surface area contributed by atoms with Crippen molar-refractivity contribution in [2.24, 2.45) is 0 Å². The van der Waals surface area contributed by atoms with Crippen molar-refractivity contribution in [3.63, 3.8) is 0 Å². The summed E-state index contributed by atoms with van der Waals surface area (Å²) in [5.74, 6) is -0.429. The van der Waals surface area contributed by atoms with E-state index < -0.39 is 21.9 Å². The van der Waals surface area contributed by atoms with Gasteiger partial charge in [-0.25, -0.2) is 12.8 Å². The van der Waals surface area contributed by atoms with Crippen LogP contribution in [0.5, 0.6) is 0 Å². The first-order chi connectivity index (χ1) is 12.8. The molecule has 27 heavy (non-hydrogen) atoms. The van der Waals surface area contributed by atoms with E-state index in [0.29, 0.717) is 11.3 Å². The molecule has 0 fully saturated rings. The number of halogens is 1. The second-order valence-corrected chi connectivity index (χ2v) is 8.47. The molecule has 0 saturated heterocycles. The van der Waals surface area contributed by atoms with Crippen LogP contribution in [0.15, 0.2) is 77.7 Å². The molecule has 0 aliphatic carbocycles. The van der Waals surface area contributed by atoms with E-state index in [-0.39, 0.29) is 4.90 Å². The number of hydrogen-bond donors (Lipinski definition) is 0. The van der Waals surface area contributed by atoms with Gasteiger partial charge in [0, 0.05) is 5.56 Å². The van der Waals surface area contributed by atoms with Gasteiger partial charge in [0.1, 0.15) is 5.82 Å². The van der Waals surface area contributed by atoms with E-state index in [1.165, 1.54) is 10.4 Å². The molecule has 3 rings (SSSR count). The lowest BCUT2D eigenvalue weighted by atomic mass is 10.1. The molecule has 3 aromatic rings. The Kier molecular flexibility index (Phi) is 5.33. The maximum absolute atomic E-state index is 14.4.